The van der Waals surface area contributed by atoms with E-state index in [0.717, 1.165) is 0 Å². The Labute approximate surface area is 71.3 Å². The molecular formula is C9H12N2O. The maximum absolute atomic E-state index is 9.39. The molecule has 0 bridgehead atoms. The molecule has 0 radical (unpaired) electrons. The van der Waals surface area contributed by atoms with Crippen molar-refractivity contribution >= 4 is 5.69 Å². The van der Waals surface area contributed by atoms with E-state index in [9.17, 15) is 5.11 Å². The summed E-state index contributed by atoms with van der Waals surface area (Å²) in [5.74, 6) is 0.113. The van der Waals surface area contributed by atoms with E-state index >= 15 is 0 Å². The van der Waals surface area contributed by atoms with Gasteiger partial charge in [-0.1, -0.05) is 12.1 Å². The van der Waals surface area contributed by atoms with Crippen LogP contribution in [-0.4, -0.2) is 5.11 Å². The van der Waals surface area contributed by atoms with E-state index in [4.69, 9.17) is 11.5 Å². The second-order valence-electron chi connectivity index (χ2n) is 2.58. The lowest BCUT2D eigenvalue weighted by molar-refractivity contribution is 0.466. The number of aromatic hydroxyl groups is 1. The molecule has 0 aromatic heterocycles. The molecule has 0 saturated heterocycles. The van der Waals surface area contributed by atoms with Crippen LogP contribution in [-0.2, 0) is 0 Å². The molecule has 0 aliphatic carbocycles. The standard InChI is InChI=1S/C9H12N2O/c1-2-8(11)7-4-3-6(10)5-9(7)12/h2-5,8,12H,1,10-11H2/t8-/m1/s1. The molecule has 1 aromatic rings. The van der Waals surface area contributed by atoms with Crippen LogP contribution in [0.5, 0.6) is 5.75 Å². The Morgan fingerprint density at radius 1 is 1.50 bits per heavy atom. The minimum atomic E-state index is -0.342. The van der Waals surface area contributed by atoms with Crippen molar-refractivity contribution in [3.8, 4) is 5.75 Å². The van der Waals surface area contributed by atoms with Gasteiger partial charge in [0, 0.05) is 17.3 Å². The molecule has 0 heterocycles. The Morgan fingerprint density at radius 2 is 2.17 bits per heavy atom. The first-order valence-electron chi connectivity index (χ1n) is 3.61. The molecule has 0 saturated carbocycles. The fourth-order valence-corrected chi connectivity index (χ4v) is 0.970. The first-order chi connectivity index (χ1) is 5.65. The van der Waals surface area contributed by atoms with Crippen LogP contribution in [0.4, 0.5) is 5.69 Å². The third kappa shape index (κ3) is 1.57. The molecule has 5 N–H and O–H groups in total. The minimum Gasteiger partial charge on any atom is -0.508 e. The van der Waals surface area contributed by atoms with Crippen molar-refractivity contribution in [3.05, 3.63) is 36.4 Å². The first kappa shape index (κ1) is 8.62. The molecule has 1 aromatic carbocycles. The molecule has 64 valence electrons. The highest BCUT2D eigenvalue weighted by atomic mass is 16.3. The summed E-state index contributed by atoms with van der Waals surface area (Å²) in [6, 6.07) is 4.51. The van der Waals surface area contributed by atoms with E-state index in [0.29, 0.717) is 11.3 Å². The zero-order valence-electron chi connectivity index (χ0n) is 6.70. The molecule has 3 heteroatoms. The largest absolute Gasteiger partial charge is 0.508 e. The summed E-state index contributed by atoms with van der Waals surface area (Å²) in [5.41, 5.74) is 12.2. The van der Waals surface area contributed by atoms with Gasteiger partial charge in [0.25, 0.3) is 0 Å². The van der Waals surface area contributed by atoms with Crippen LogP contribution in [0.1, 0.15) is 11.6 Å². The van der Waals surface area contributed by atoms with Crippen LogP contribution in [0.25, 0.3) is 0 Å². The molecule has 0 amide bonds. The number of benzene rings is 1. The van der Waals surface area contributed by atoms with Gasteiger partial charge < -0.3 is 16.6 Å². The lowest BCUT2D eigenvalue weighted by atomic mass is 10.1. The molecule has 0 aliphatic rings. The molecule has 1 atom stereocenters. The van der Waals surface area contributed by atoms with Crippen LogP contribution in [0.2, 0.25) is 0 Å². The fourth-order valence-electron chi connectivity index (χ4n) is 0.970. The van der Waals surface area contributed by atoms with Crippen LogP contribution in [0, 0.1) is 0 Å². The van der Waals surface area contributed by atoms with E-state index < -0.39 is 0 Å². The quantitative estimate of drug-likeness (QED) is 0.453. The normalized spacial score (nSPS) is 12.4. The van der Waals surface area contributed by atoms with Gasteiger partial charge in [-0.2, -0.15) is 0 Å². The highest BCUT2D eigenvalue weighted by molar-refractivity contribution is 5.49. The monoisotopic (exact) mass is 164 g/mol. The highest BCUT2D eigenvalue weighted by Crippen LogP contribution is 2.25. The fraction of sp³-hybridized carbons (Fsp3) is 0.111. The summed E-state index contributed by atoms with van der Waals surface area (Å²) < 4.78 is 0. The number of nitrogen functional groups attached to an aromatic ring is 1. The summed E-state index contributed by atoms with van der Waals surface area (Å²) in [6.07, 6.45) is 1.56. The van der Waals surface area contributed by atoms with Crippen molar-refractivity contribution in [3.63, 3.8) is 0 Å². The molecule has 0 fully saturated rings. The van der Waals surface area contributed by atoms with Gasteiger partial charge in [-0.05, 0) is 6.07 Å². The van der Waals surface area contributed by atoms with Gasteiger partial charge in [0.2, 0.25) is 0 Å². The first-order valence-corrected chi connectivity index (χ1v) is 3.61. The topological polar surface area (TPSA) is 72.3 Å². The van der Waals surface area contributed by atoms with Gasteiger partial charge in [-0.25, -0.2) is 0 Å². The van der Waals surface area contributed by atoms with Crippen molar-refractivity contribution in [2.45, 2.75) is 6.04 Å². The summed E-state index contributed by atoms with van der Waals surface area (Å²) in [7, 11) is 0. The maximum atomic E-state index is 9.39. The predicted molar refractivity (Wildman–Crippen MR) is 49.6 cm³/mol. The Morgan fingerprint density at radius 3 is 2.67 bits per heavy atom. The molecule has 0 aliphatic heterocycles. The smallest absolute Gasteiger partial charge is 0.122 e. The van der Waals surface area contributed by atoms with Crippen molar-refractivity contribution in [2.24, 2.45) is 5.73 Å². The van der Waals surface area contributed by atoms with Crippen LogP contribution in [0.15, 0.2) is 30.9 Å². The number of anilines is 1. The van der Waals surface area contributed by atoms with Gasteiger partial charge in [0.05, 0.1) is 6.04 Å². The summed E-state index contributed by atoms with van der Waals surface area (Å²) in [4.78, 5) is 0. The Balaban J connectivity index is 3.09. The Bertz CT molecular complexity index is 297. The van der Waals surface area contributed by atoms with Gasteiger partial charge >= 0.3 is 0 Å². The number of hydrogen-bond donors (Lipinski definition) is 3. The van der Waals surface area contributed by atoms with E-state index in [1.165, 1.54) is 6.07 Å². The number of nitrogens with two attached hydrogens (primary N) is 2. The maximum Gasteiger partial charge on any atom is 0.122 e. The van der Waals surface area contributed by atoms with Gasteiger partial charge in [0.15, 0.2) is 0 Å². The predicted octanol–water partition coefficient (Wildman–Crippen LogP) is 1.16. The third-order valence-electron chi connectivity index (χ3n) is 1.67. The van der Waals surface area contributed by atoms with Crippen molar-refractivity contribution in [2.75, 3.05) is 5.73 Å². The highest BCUT2D eigenvalue weighted by Gasteiger charge is 2.06. The number of hydrogen-bond acceptors (Lipinski definition) is 3. The van der Waals surface area contributed by atoms with Gasteiger partial charge in [-0.15, -0.1) is 6.58 Å². The number of rotatable bonds is 2. The summed E-state index contributed by atoms with van der Waals surface area (Å²) in [6.45, 7) is 3.53. The summed E-state index contributed by atoms with van der Waals surface area (Å²) in [5, 5.41) is 9.39. The molecule has 3 nitrogen and oxygen atoms in total. The lowest BCUT2D eigenvalue weighted by Gasteiger charge is -2.08. The minimum absolute atomic E-state index is 0.113. The van der Waals surface area contributed by atoms with Crippen molar-refractivity contribution < 1.29 is 5.11 Å². The van der Waals surface area contributed by atoms with Crippen LogP contribution in [0.3, 0.4) is 0 Å². The SMILES string of the molecule is C=C[C@@H](N)c1ccc(N)cc1O. The van der Waals surface area contributed by atoms with Crippen LogP contribution < -0.4 is 11.5 Å². The van der Waals surface area contributed by atoms with Gasteiger partial charge in [-0.3, -0.25) is 0 Å². The zero-order chi connectivity index (χ0) is 9.14. The van der Waals surface area contributed by atoms with Crippen LogP contribution >= 0.6 is 0 Å². The van der Waals surface area contributed by atoms with Crippen molar-refractivity contribution in [1.29, 1.82) is 0 Å². The zero-order valence-corrected chi connectivity index (χ0v) is 6.70. The lowest BCUT2D eigenvalue weighted by Crippen LogP contribution is -2.06. The summed E-state index contributed by atoms with van der Waals surface area (Å²) >= 11 is 0. The third-order valence-corrected chi connectivity index (χ3v) is 1.67. The van der Waals surface area contributed by atoms with E-state index in [-0.39, 0.29) is 11.8 Å². The average Bonchev–Trinajstić information content (AvgIpc) is 2.03. The van der Waals surface area contributed by atoms with Crippen molar-refractivity contribution in [1.82, 2.24) is 0 Å². The molecule has 12 heavy (non-hydrogen) atoms. The molecular weight excluding hydrogens is 152 g/mol. The average molecular weight is 164 g/mol. The number of phenolic OH excluding ortho intramolecular Hbond substituents is 1. The second kappa shape index (κ2) is 3.28. The van der Waals surface area contributed by atoms with E-state index in [1.54, 1.807) is 18.2 Å². The molecule has 1 rings (SSSR count). The number of phenols is 1. The second-order valence-corrected chi connectivity index (χ2v) is 2.58. The van der Waals surface area contributed by atoms with Gasteiger partial charge in [0.1, 0.15) is 5.75 Å². The van der Waals surface area contributed by atoms with E-state index in [2.05, 4.69) is 6.58 Å². The molecule has 0 unspecified atom stereocenters. The Kier molecular flexibility index (Phi) is 2.35. The molecule has 0 spiro atoms. The van der Waals surface area contributed by atoms with E-state index in [1.807, 2.05) is 0 Å². The Hall–Kier alpha value is -1.48.